The molecule has 0 radical (unpaired) electrons. The first kappa shape index (κ1) is 11.2. The number of ether oxygens (including phenoxy) is 1. The van der Waals surface area contributed by atoms with Crippen LogP contribution in [0.5, 0.6) is 5.75 Å². The number of carbonyl (C=O) groups excluding carboxylic acids is 1. The smallest absolute Gasteiger partial charge is 0.193 e. The van der Waals surface area contributed by atoms with E-state index in [0.717, 1.165) is 23.1 Å². The van der Waals surface area contributed by atoms with Crippen LogP contribution in [0.4, 0.5) is 0 Å². The highest BCUT2D eigenvalue weighted by Gasteiger charge is 2.13. The van der Waals surface area contributed by atoms with E-state index in [1.54, 1.807) is 6.07 Å². The van der Waals surface area contributed by atoms with E-state index in [-0.39, 0.29) is 5.78 Å². The zero-order chi connectivity index (χ0) is 12.3. The Morgan fingerprint density at radius 2 is 2.00 bits per heavy atom. The second kappa shape index (κ2) is 4.70. The summed E-state index contributed by atoms with van der Waals surface area (Å²) in [5.74, 6) is 0.230. The Kier molecular flexibility index (Phi) is 3.10. The lowest BCUT2D eigenvalue weighted by molar-refractivity contribution is 0.104. The molecule has 0 spiro atoms. The minimum atomic E-state index is -0.277. The van der Waals surface area contributed by atoms with Crippen molar-refractivity contribution in [3.05, 3.63) is 54.3 Å². The molecule has 2 rings (SSSR count). The van der Waals surface area contributed by atoms with E-state index < -0.39 is 0 Å². The summed E-state index contributed by atoms with van der Waals surface area (Å²) >= 11 is 0. The zero-order valence-corrected chi connectivity index (χ0v) is 9.38. The summed E-state index contributed by atoms with van der Waals surface area (Å²) in [5.41, 5.74) is 0.468. The third-order valence-electron chi connectivity index (χ3n) is 2.58. The van der Waals surface area contributed by atoms with E-state index in [0.29, 0.717) is 11.3 Å². The van der Waals surface area contributed by atoms with Gasteiger partial charge >= 0.3 is 0 Å². The maximum atomic E-state index is 11.9. The number of aliphatic hydroxyl groups excluding tert-OH is 1. The highest BCUT2D eigenvalue weighted by molar-refractivity contribution is 6.15. The first-order valence-corrected chi connectivity index (χ1v) is 5.18. The highest BCUT2D eigenvalue weighted by Crippen LogP contribution is 2.28. The van der Waals surface area contributed by atoms with Crippen LogP contribution in [0.1, 0.15) is 10.4 Å². The summed E-state index contributed by atoms with van der Waals surface area (Å²) in [6.45, 7) is 0. The van der Waals surface area contributed by atoms with Gasteiger partial charge in [-0.15, -0.1) is 0 Å². The third-order valence-corrected chi connectivity index (χ3v) is 2.58. The Labute approximate surface area is 99.0 Å². The Bertz CT molecular complexity index is 585. The second-order valence-corrected chi connectivity index (χ2v) is 3.54. The van der Waals surface area contributed by atoms with Crippen LogP contribution in [0.2, 0.25) is 0 Å². The van der Waals surface area contributed by atoms with Gasteiger partial charge < -0.3 is 9.84 Å². The molecule has 0 amide bonds. The Morgan fingerprint density at radius 1 is 1.24 bits per heavy atom. The van der Waals surface area contributed by atoms with Crippen LogP contribution in [0.25, 0.3) is 10.8 Å². The molecule has 0 saturated carbocycles. The normalized spacial score (nSPS) is 10.9. The van der Waals surface area contributed by atoms with E-state index in [1.165, 1.54) is 7.11 Å². The van der Waals surface area contributed by atoms with Crippen LogP contribution in [0, 0.1) is 0 Å². The molecule has 0 aliphatic rings. The Balaban J connectivity index is 2.75. The van der Waals surface area contributed by atoms with Gasteiger partial charge in [-0.1, -0.05) is 30.3 Å². The summed E-state index contributed by atoms with van der Waals surface area (Å²) in [6.07, 6.45) is 1.86. The van der Waals surface area contributed by atoms with Gasteiger partial charge in [-0.2, -0.15) is 0 Å². The molecule has 3 nitrogen and oxygen atoms in total. The Morgan fingerprint density at radius 3 is 2.71 bits per heavy atom. The van der Waals surface area contributed by atoms with Gasteiger partial charge in [0.25, 0.3) is 0 Å². The van der Waals surface area contributed by atoms with Crippen LogP contribution >= 0.6 is 0 Å². The molecule has 0 bridgehead atoms. The van der Waals surface area contributed by atoms with Crippen molar-refractivity contribution < 1.29 is 14.6 Å². The number of fused-ring (bicyclic) bond motifs is 1. The molecule has 17 heavy (non-hydrogen) atoms. The molecule has 0 fully saturated rings. The predicted octanol–water partition coefficient (Wildman–Crippen LogP) is 3.10. The minimum Gasteiger partial charge on any atom is -0.515 e. The van der Waals surface area contributed by atoms with Crippen LogP contribution in [0.15, 0.2) is 48.7 Å². The second-order valence-electron chi connectivity index (χ2n) is 3.54. The fourth-order valence-corrected chi connectivity index (χ4v) is 1.83. The van der Waals surface area contributed by atoms with Crippen molar-refractivity contribution in [3.8, 4) is 5.75 Å². The fraction of sp³-hybridized carbons (Fsp3) is 0.0714. The number of benzene rings is 2. The molecule has 86 valence electrons. The molecule has 0 aromatic heterocycles. The van der Waals surface area contributed by atoms with Gasteiger partial charge in [0, 0.05) is 6.08 Å². The SMILES string of the molecule is COc1ccc2ccccc2c1C(=O)/C=C/O. The van der Waals surface area contributed by atoms with Crippen molar-refractivity contribution in [2.75, 3.05) is 7.11 Å². The standard InChI is InChI=1S/C14H12O3/c1-17-13-7-6-10-4-2-3-5-11(10)14(13)12(16)8-9-15/h2-9,15H,1H3/b9-8+. The van der Waals surface area contributed by atoms with Gasteiger partial charge in [0.2, 0.25) is 0 Å². The summed E-state index contributed by atoms with van der Waals surface area (Å²) < 4.78 is 5.18. The molecule has 0 atom stereocenters. The molecule has 0 aliphatic carbocycles. The predicted molar refractivity (Wildman–Crippen MR) is 66.6 cm³/mol. The topological polar surface area (TPSA) is 46.5 Å². The van der Waals surface area contributed by atoms with E-state index >= 15 is 0 Å². The number of hydrogen-bond donors (Lipinski definition) is 1. The fourth-order valence-electron chi connectivity index (χ4n) is 1.83. The minimum absolute atomic E-state index is 0.277. The molecule has 0 heterocycles. The van der Waals surface area contributed by atoms with Crippen molar-refractivity contribution in [2.45, 2.75) is 0 Å². The largest absolute Gasteiger partial charge is 0.515 e. The molecule has 3 heteroatoms. The number of ketones is 1. The van der Waals surface area contributed by atoms with Gasteiger partial charge in [0.05, 0.1) is 18.9 Å². The van der Waals surface area contributed by atoms with Crippen molar-refractivity contribution in [1.29, 1.82) is 0 Å². The van der Waals surface area contributed by atoms with Crippen LogP contribution in [-0.4, -0.2) is 18.0 Å². The van der Waals surface area contributed by atoms with E-state index in [1.807, 2.05) is 30.3 Å². The van der Waals surface area contributed by atoms with Crippen molar-refractivity contribution in [2.24, 2.45) is 0 Å². The van der Waals surface area contributed by atoms with Crippen LogP contribution < -0.4 is 4.74 Å². The average Bonchev–Trinajstić information content (AvgIpc) is 2.37. The van der Waals surface area contributed by atoms with Crippen molar-refractivity contribution in [1.82, 2.24) is 0 Å². The molecule has 0 unspecified atom stereocenters. The van der Waals surface area contributed by atoms with Crippen molar-refractivity contribution in [3.63, 3.8) is 0 Å². The maximum absolute atomic E-state index is 11.9. The van der Waals surface area contributed by atoms with Crippen LogP contribution in [0.3, 0.4) is 0 Å². The Hall–Kier alpha value is -2.29. The van der Waals surface area contributed by atoms with Gasteiger partial charge in [-0.25, -0.2) is 0 Å². The maximum Gasteiger partial charge on any atom is 0.193 e. The van der Waals surface area contributed by atoms with Gasteiger partial charge in [0.15, 0.2) is 5.78 Å². The molecular formula is C14H12O3. The molecule has 0 aliphatic heterocycles. The number of hydrogen-bond acceptors (Lipinski definition) is 3. The first-order valence-electron chi connectivity index (χ1n) is 5.18. The summed E-state index contributed by atoms with van der Waals surface area (Å²) in [4.78, 5) is 11.9. The molecular weight excluding hydrogens is 216 g/mol. The highest BCUT2D eigenvalue weighted by atomic mass is 16.5. The monoisotopic (exact) mass is 228 g/mol. The number of carbonyl (C=O) groups is 1. The van der Waals surface area contributed by atoms with E-state index in [4.69, 9.17) is 9.84 Å². The number of methoxy groups -OCH3 is 1. The molecule has 0 saturated heterocycles. The van der Waals surface area contributed by atoms with Gasteiger partial charge in [-0.05, 0) is 16.8 Å². The molecule has 1 N–H and O–H groups in total. The third kappa shape index (κ3) is 1.99. The lowest BCUT2D eigenvalue weighted by Gasteiger charge is -2.09. The van der Waals surface area contributed by atoms with Gasteiger partial charge in [-0.3, -0.25) is 4.79 Å². The number of aliphatic hydroxyl groups is 1. The lowest BCUT2D eigenvalue weighted by Crippen LogP contribution is -2.00. The van der Waals surface area contributed by atoms with Crippen LogP contribution in [-0.2, 0) is 0 Å². The quantitative estimate of drug-likeness (QED) is 0.499. The average molecular weight is 228 g/mol. The summed E-state index contributed by atoms with van der Waals surface area (Å²) in [6, 6.07) is 11.2. The summed E-state index contributed by atoms with van der Waals surface area (Å²) in [7, 11) is 1.52. The van der Waals surface area contributed by atoms with Gasteiger partial charge in [0.1, 0.15) is 5.75 Å². The van der Waals surface area contributed by atoms with E-state index in [2.05, 4.69) is 0 Å². The first-order chi connectivity index (χ1) is 8.27. The van der Waals surface area contributed by atoms with Crippen molar-refractivity contribution >= 4 is 16.6 Å². The zero-order valence-electron chi connectivity index (χ0n) is 9.38. The molecule has 2 aromatic carbocycles. The summed E-state index contributed by atoms with van der Waals surface area (Å²) in [5, 5.41) is 10.5. The lowest BCUT2D eigenvalue weighted by atomic mass is 10.0. The number of allylic oxidation sites excluding steroid dienone is 1. The molecule has 2 aromatic rings. The number of rotatable bonds is 3. The van der Waals surface area contributed by atoms with E-state index in [9.17, 15) is 4.79 Å².